The lowest BCUT2D eigenvalue weighted by Gasteiger charge is -2.30. The second-order valence-electron chi connectivity index (χ2n) is 8.96. The molecule has 1 aromatic heterocycles. The van der Waals surface area contributed by atoms with E-state index in [2.05, 4.69) is 21.4 Å². The molecule has 3 heterocycles. The lowest BCUT2D eigenvalue weighted by atomic mass is 10.00. The summed E-state index contributed by atoms with van der Waals surface area (Å²) >= 11 is 6.34. The van der Waals surface area contributed by atoms with E-state index in [1.165, 1.54) is 11.8 Å². The summed E-state index contributed by atoms with van der Waals surface area (Å²) in [5.41, 5.74) is 4.81. The third-order valence-electron chi connectivity index (χ3n) is 6.59. The largest absolute Gasteiger partial charge is 0.394 e. The van der Waals surface area contributed by atoms with Gasteiger partial charge in [-0.05, 0) is 29.2 Å². The normalized spacial score (nSPS) is 14.7. The summed E-state index contributed by atoms with van der Waals surface area (Å²) in [6.07, 6.45) is 2.24. The highest BCUT2D eigenvalue weighted by Gasteiger charge is 2.31. The van der Waals surface area contributed by atoms with Crippen molar-refractivity contribution in [3.8, 4) is 11.3 Å². The van der Waals surface area contributed by atoms with Crippen LogP contribution in [-0.2, 0) is 24.3 Å². The van der Waals surface area contributed by atoms with Crippen molar-refractivity contribution in [1.29, 1.82) is 0 Å². The van der Waals surface area contributed by atoms with Gasteiger partial charge in [-0.3, -0.25) is 9.59 Å². The zero-order valence-corrected chi connectivity index (χ0v) is 20.3. The molecule has 2 amide bonds. The Bertz CT molecular complexity index is 1310. The molecular weight excluding hydrogens is 482 g/mol. The number of nitrogens with one attached hydrogen (secondary N) is 1. The highest BCUT2D eigenvalue weighted by Crippen LogP contribution is 2.31. The van der Waals surface area contributed by atoms with Crippen LogP contribution in [0.3, 0.4) is 0 Å². The van der Waals surface area contributed by atoms with E-state index in [1.54, 1.807) is 11.0 Å². The van der Waals surface area contributed by atoms with Gasteiger partial charge in [-0.2, -0.15) is 0 Å². The highest BCUT2D eigenvalue weighted by atomic mass is 35.5. The van der Waals surface area contributed by atoms with E-state index in [0.29, 0.717) is 41.5 Å². The quantitative estimate of drug-likeness (QED) is 0.448. The standard InChI is InChI=1S/C26H26ClN5O4/c27-22-10-28-26(29-20(14-33)15-34)30-24(22)17-5-6-19-12-32(25(36)21(19)9-17)13-23(35)31-8-7-16-3-1-2-4-18(16)11-31/h1-6,9-10,20,33-34H,7-8,11-15H2,(H,28,29,30). The van der Waals surface area contributed by atoms with Gasteiger partial charge in [0.25, 0.3) is 5.91 Å². The van der Waals surface area contributed by atoms with Crippen LogP contribution in [0, 0.1) is 0 Å². The second kappa shape index (κ2) is 10.2. The van der Waals surface area contributed by atoms with Crippen molar-refractivity contribution in [2.45, 2.75) is 25.6 Å². The molecule has 36 heavy (non-hydrogen) atoms. The van der Waals surface area contributed by atoms with E-state index >= 15 is 0 Å². The predicted molar refractivity (Wildman–Crippen MR) is 134 cm³/mol. The highest BCUT2D eigenvalue weighted by molar-refractivity contribution is 6.33. The smallest absolute Gasteiger partial charge is 0.254 e. The van der Waals surface area contributed by atoms with Crippen LogP contribution >= 0.6 is 11.6 Å². The van der Waals surface area contributed by atoms with Crippen LogP contribution in [0.2, 0.25) is 5.02 Å². The number of hydrogen-bond acceptors (Lipinski definition) is 7. The number of nitrogens with zero attached hydrogens (tertiary/aromatic N) is 4. The minimum atomic E-state index is -0.611. The van der Waals surface area contributed by atoms with Crippen LogP contribution < -0.4 is 5.32 Å². The number of aliphatic hydroxyl groups excluding tert-OH is 2. The van der Waals surface area contributed by atoms with Crippen LogP contribution in [0.5, 0.6) is 0 Å². The minimum Gasteiger partial charge on any atom is -0.394 e. The summed E-state index contributed by atoms with van der Waals surface area (Å²) in [6.45, 7) is 1.02. The molecule has 2 aromatic carbocycles. The number of aliphatic hydroxyl groups is 2. The number of amides is 2. The lowest BCUT2D eigenvalue weighted by Crippen LogP contribution is -2.42. The molecule has 3 N–H and O–H groups in total. The van der Waals surface area contributed by atoms with E-state index in [4.69, 9.17) is 11.6 Å². The first-order valence-corrected chi connectivity index (χ1v) is 12.1. The Morgan fingerprint density at radius 3 is 2.64 bits per heavy atom. The maximum Gasteiger partial charge on any atom is 0.254 e. The molecule has 186 valence electrons. The third-order valence-corrected chi connectivity index (χ3v) is 6.87. The molecule has 0 saturated carbocycles. The van der Waals surface area contributed by atoms with Gasteiger partial charge in [-0.25, -0.2) is 9.97 Å². The topological polar surface area (TPSA) is 119 Å². The first-order valence-electron chi connectivity index (χ1n) is 11.7. The zero-order valence-electron chi connectivity index (χ0n) is 19.5. The van der Waals surface area contributed by atoms with Crippen molar-refractivity contribution in [2.75, 3.05) is 31.6 Å². The Morgan fingerprint density at radius 2 is 1.86 bits per heavy atom. The molecule has 0 bridgehead atoms. The molecule has 0 saturated heterocycles. The van der Waals surface area contributed by atoms with Crippen LogP contribution in [0.4, 0.5) is 5.95 Å². The molecule has 0 spiro atoms. The van der Waals surface area contributed by atoms with Crippen molar-refractivity contribution in [2.24, 2.45) is 0 Å². The Labute approximate surface area is 213 Å². The molecule has 2 aliphatic heterocycles. The second-order valence-corrected chi connectivity index (χ2v) is 9.37. The van der Waals surface area contributed by atoms with Gasteiger partial charge in [-0.1, -0.05) is 48.0 Å². The first-order chi connectivity index (χ1) is 17.5. The van der Waals surface area contributed by atoms with Gasteiger partial charge in [-0.15, -0.1) is 0 Å². The Balaban J connectivity index is 1.31. The predicted octanol–water partition coefficient (Wildman–Crippen LogP) is 2.10. The summed E-state index contributed by atoms with van der Waals surface area (Å²) in [4.78, 5) is 38.1. The maximum absolute atomic E-state index is 13.2. The number of benzene rings is 2. The van der Waals surface area contributed by atoms with E-state index < -0.39 is 6.04 Å². The maximum atomic E-state index is 13.2. The summed E-state index contributed by atoms with van der Waals surface area (Å²) in [6, 6.07) is 12.9. The van der Waals surface area contributed by atoms with Crippen molar-refractivity contribution >= 4 is 29.4 Å². The van der Waals surface area contributed by atoms with Gasteiger partial charge < -0.3 is 25.3 Å². The minimum absolute atomic E-state index is 0.0249. The summed E-state index contributed by atoms with van der Waals surface area (Å²) in [5, 5.41) is 21.8. The Kier molecular flexibility index (Phi) is 6.86. The molecule has 0 aliphatic carbocycles. The molecule has 0 radical (unpaired) electrons. The van der Waals surface area contributed by atoms with Crippen LogP contribution in [-0.4, -0.2) is 74.1 Å². The number of aromatic nitrogens is 2. The fourth-order valence-electron chi connectivity index (χ4n) is 4.58. The van der Waals surface area contributed by atoms with Crippen LogP contribution in [0.1, 0.15) is 27.0 Å². The molecular formula is C26H26ClN5O4. The average molecular weight is 508 g/mol. The molecule has 10 heteroatoms. The van der Waals surface area contributed by atoms with E-state index in [0.717, 1.165) is 17.5 Å². The van der Waals surface area contributed by atoms with Crippen molar-refractivity contribution in [3.63, 3.8) is 0 Å². The lowest BCUT2D eigenvalue weighted by molar-refractivity contribution is -0.132. The fourth-order valence-corrected chi connectivity index (χ4v) is 4.78. The first kappa shape index (κ1) is 24.2. The van der Waals surface area contributed by atoms with Gasteiger partial charge in [0.1, 0.15) is 6.54 Å². The molecule has 0 fully saturated rings. The summed E-state index contributed by atoms with van der Waals surface area (Å²) < 4.78 is 0. The van der Waals surface area contributed by atoms with Gasteiger partial charge in [0.2, 0.25) is 11.9 Å². The molecule has 3 aromatic rings. The van der Waals surface area contributed by atoms with E-state index in [-0.39, 0.29) is 37.5 Å². The zero-order chi connectivity index (χ0) is 25.2. The number of halogens is 1. The molecule has 5 rings (SSSR count). The summed E-state index contributed by atoms with van der Waals surface area (Å²) in [7, 11) is 0. The number of carbonyl (C=O) groups excluding carboxylic acids is 2. The Morgan fingerprint density at radius 1 is 1.08 bits per heavy atom. The fraction of sp³-hybridized carbons (Fsp3) is 0.308. The van der Waals surface area contributed by atoms with Crippen LogP contribution in [0.25, 0.3) is 11.3 Å². The number of rotatable bonds is 7. The van der Waals surface area contributed by atoms with Crippen molar-refractivity contribution in [3.05, 3.63) is 75.9 Å². The van der Waals surface area contributed by atoms with Gasteiger partial charge in [0, 0.05) is 30.8 Å². The molecule has 0 unspecified atom stereocenters. The van der Waals surface area contributed by atoms with E-state index in [1.807, 2.05) is 35.2 Å². The number of carbonyl (C=O) groups is 2. The SMILES string of the molecule is O=C(CN1Cc2ccc(-c3nc(NC(CO)CO)ncc3Cl)cc2C1=O)N1CCc2ccccc2C1. The van der Waals surface area contributed by atoms with Gasteiger partial charge in [0.15, 0.2) is 0 Å². The van der Waals surface area contributed by atoms with Crippen molar-refractivity contribution in [1.82, 2.24) is 19.8 Å². The summed E-state index contributed by atoms with van der Waals surface area (Å²) in [5.74, 6) is -0.0748. The van der Waals surface area contributed by atoms with Crippen molar-refractivity contribution < 1.29 is 19.8 Å². The van der Waals surface area contributed by atoms with Crippen LogP contribution in [0.15, 0.2) is 48.7 Å². The third kappa shape index (κ3) is 4.77. The number of fused-ring (bicyclic) bond motifs is 2. The van der Waals surface area contributed by atoms with E-state index in [9.17, 15) is 19.8 Å². The monoisotopic (exact) mass is 507 g/mol. The van der Waals surface area contributed by atoms with Gasteiger partial charge >= 0.3 is 0 Å². The molecule has 9 nitrogen and oxygen atoms in total. The Hall–Kier alpha value is -3.53. The average Bonchev–Trinajstić information content (AvgIpc) is 3.22. The number of hydrogen-bond donors (Lipinski definition) is 3. The van der Waals surface area contributed by atoms with Gasteiger partial charge in [0.05, 0.1) is 36.2 Å². The number of anilines is 1. The molecule has 0 atom stereocenters. The molecule has 2 aliphatic rings.